The van der Waals surface area contributed by atoms with Gasteiger partial charge in [0.1, 0.15) is 11.2 Å². The summed E-state index contributed by atoms with van der Waals surface area (Å²) >= 11 is 0. The highest BCUT2D eigenvalue weighted by molar-refractivity contribution is 5.97. The number of aromatic nitrogens is 1. The van der Waals surface area contributed by atoms with Gasteiger partial charge in [-0.15, -0.1) is 0 Å². The van der Waals surface area contributed by atoms with Gasteiger partial charge >= 0.3 is 12.2 Å². The number of benzene rings is 2. The largest absolute Gasteiger partial charge is 0.444 e. The van der Waals surface area contributed by atoms with Crippen molar-refractivity contribution < 1.29 is 19.1 Å². The maximum Gasteiger partial charge on any atom is 0.412 e. The molecule has 2 aromatic carbocycles. The zero-order chi connectivity index (χ0) is 22.1. The van der Waals surface area contributed by atoms with E-state index in [1.54, 1.807) is 24.3 Å². The van der Waals surface area contributed by atoms with Crippen molar-refractivity contribution in [2.45, 2.75) is 52.7 Å². The van der Waals surface area contributed by atoms with E-state index in [1.165, 1.54) is 0 Å². The first-order valence-electron chi connectivity index (χ1n) is 9.73. The van der Waals surface area contributed by atoms with E-state index in [0.29, 0.717) is 22.4 Å². The van der Waals surface area contributed by atoms with E-state index in [-0.39, 0.29) is 0 Å². The minimum absolute atomic E-state index is 0.522. The van der Waals surface area contributed by atoms with Crippen molar-refractivity contribution >= 4 is 45.4 Å². The molecule has 3 aromatic rings. The molecule has 7 nitrogen and oxygen atoms in total. The molecule has 0 fully saturated rings. The van der Waals surface area contributed by atoms with Crippen LogP contribution in [0.2, 0.25) is 0 Å². The van der Waals surface area contributed by atoms with Crippen LogP contribution in [-0.4, -0.2) is 28.4 Å². The van der Waals surface area contributed by atoms with Gasteiger partial charge in [-0.3, -0.25) is 10.6 Å². The van der Waals surface area contributed by atoms with Crippen LogP contribution in [0.15, 0.2) is 42.5 Å². The van der Waals surface area contributed by atoms with Gasteiger partial charge in [0, 0.05) is 22.1 Å². The Morgan fingerprint density at radius 1 is 0.700 bits per heavy atom. The molecule has 0 atom stereocenters. The van der Waals surface area contributed by atoms with Crippen LogP contribution in [0.5, 0.6) is 0 Å². The van der Waals surface area contributed by atoms with E-state index in [0.717, 1.165) is 10.8 Å². The Bertz CT molecular complexity index is 1030. The first-order valence-corrected chi connectivity index (χ1v) is 9.73. The lowest BCUT2D eigenvalue weighted by molar-refractivity contribution is 0.0624. The van der Waals surface area contributed by atoms with Crippen LogP contribution in [-0.2, 0) is 9.47 Å². The van der Waals surface area contributed by atoms with E-state index >= 15 is 0 Å². The minimum Gasteiger partial charge on any atom is -0.444 e. The summed E-state index contributed by atoms with van der Waals surface area (Å²) in [5.41, 5.74) is 1.45. The fraction of sp³-hybridized carbons (Fsp3) is 0.348. The first-order chi connectivity index (χ1) is 13.9. The highest BCUT2D eigenvalue weighted by Gasteiger charge is 2.17. The lowest BCUT2D eigenvalue weighted by Gasteiger charge is -2.19. The maximum atomic E-state index is 12.0. The second-order valence-electron chi connectivity index (χ2n) is 9.06. The number of amides is 2. The van der Waals surface area contributed by atoms with Crippen molar-refractivity contribution in [3.05, 3.63) is 42.5 Å². The van der Waals surface area contributed by atoms with Crippen LogP contribution in [0.25, 0.3) is 21.8 Å². The minimum atomic E-state index is -0.576. The van der Waals surface area contributed by atoms with Crippen LogP contribution in [0.1, 0.15) is 41.5 Å². The number of rotatable bonds is 2. The molecule has 30 heavy (non-hydrogen) atoms. The molecule has 0 aliphatic heterocycles. The molecule has 2 N–H and O–H groups in total. The van der Waals surface area contributed by atoms with Gasteiger partial charge in [0.25, 0.3) is 0 Å². The number of ether oxygens (including phenoxy) is 2. The number of hydrogen-bond donors (Lipinski definition) is 2. The Hall–Kier alpha value is -3.35. The molecule has 2 amide bonds. The third kappa shape index (κ3) is 5.83. The van der Waals surface area contributed by atoms with Gasteiger partial charge in [-0.05, 0) is 71.9 Å². The molecule has 0 saturated carbocycles. The third-order valence-corrected chi connectivity index (χ3v) is 3.90. The first kappa shape index (κ1) is 21.4. The highest BCUT2D eigenvalue weighted by Crippen LogP contribution is 2.25. The number of nitrogens with zero attached hydrogens (tertiary/aromatic N) is 1. The number of carbonyl (C=O) groups is 2. The SMILES string of the molecule is CC(C)(C)OC(=O)Nc1ccc2cc3ccc(NC(=O)OC(C)(C)C)cc3nc2c1. The highest BCUT2D eigenvalue weighted by atomic mass is 16.6. The molecule has 1 aromatic heterocycles. The van der Waals surface area contributed by atoms with Crippen LogP contribution >= 0.6 is 0 Å². The van der Waals surface area contributed by atoms with Gasteiger partial charge in [0.2, 0.25) is 0 Å². The van der Waals surface area contributed by atoms with Crippen LogP contribution in [0, 0.1) is 0 Å². The quantitative estimate of drug-likeness (QED) is 0.501. The van der Waals surface area contributed by atoms with Gasteiger partial charge in [-0.2, -0.15) is 0 Å². The molecule has 3 rings (SSSR count). The maximum absolute atomic E-state index is 12.0. The van der Waals surface area contributed by atoms with Crippen molar-refractivity contribution in [3.63, 3.8) is 0 Å². The second kappa shape index (κ2) is 7.82. The summed E-state index contributed by atoms with van der Waals surface area (Å²) in [5, 5.41) is 7.32. The molecule has 0 saturated heterocycles. The second-order valence-corrected chi connectivity index (χ2v) is 9.06. The number of pyridine rings is 1. The molecule has 0 bridgehead atoms. The molecule has 0 aliphatic rings. The predicted molar refractivity (Wildman–Crippen MR) is 119 cm³/mol. The molecule has 7 heteroatoms. The van der Waals surface area contributed by atoms with Gasteiger partial charge in [-0.1, -0.05) is 12.1 Å². The monoisotopic (exact) mass is 409 g/mol. The van der Waals surface area contributed by atoms with E-state index in [9.17, 15) is 9.59 Å². The van der Waals surface area contributed by atoms with Crippen LogP contribution in [0.4, 0.5) is 21.0 Å². The van der Waals surface area contributed by atoms with Gasteiger partial charge < -0.3 is 9.47 Å². The fourth-order valence-electron chi connectivity index (χ4n) is 2.82. The van der Waals surface area contributed by atoms with E-state index < -0.39 is 23.4 Å². The Morgan fingerprint density at radius 3 is 1.47 bits per heavy atom. The van der Waals surface area contributed by atoms with E-state index in [1.807, 2.05) is 59.7 Å². The summed E-state index contributed by atoms with van der Waals surface area (Å²) in [6, 6.07) is 13.0. The molecule has 158 valence electrons. The van der Waals surface area contributed by atoms with Crippen molar-refractivity contribution in [2.24, 2.45) is 0 Å². The topological polar surface area (TPSA) is 89.6 Å². The fourth-order valence-corrected chi connectivity index (χ4v) is 2.82. The molecular weight excluding hydrogens is 382 g/mol. The zero-order valence-corrected chi connectivity index (χ0v) is 18.1. The number of nitrogens with one attached hydrogen (secondary N) is 2. The summed E-state index contributed by atoms with van der Waals surface area (Å²) in [4.78, 5) is 28.7. The lowest BCUT2D eigenvalue weighted by Crippen LogP contribution is -2.27. The third-order valence-electron chi connectivity index (χ3n) is 3.90. The molecule has 1 heterocycles. The van der Waals surface area contributed by atoms with Crippen LogP contribution < -0.4 is 10.6 Å². The molecule has 0 spiro atoms. The molecular formula is C23H27N3O4. The number of carbonyl (C=O) groups excluding carboxylic acids is 2. The Kier molecular flexibility index (Phi) is 5.57. The standard InChI is InChI=1S/C23H27N3O4/c1-22(2,3)29-20(27)24-16-9-7-14-11-15-8-10-17(13-19(15)26-18(14)12-16)25-21(28)30-23(4,5)6/h7-13H,1-6H3,(H,24,27)(H,25,28). The summed E-state index contributed by atoms with van der Waals surface area (Å²) in [6.45, 7) is 10.9. The number of anilines is 2. The normalized spacial score (nSPS) is 11.9. The van der Waals surface area contributed by atoms with E-state index in [4.69, 9.17) is 9.47 Å². The predicted octanol–water partition coefficient (Wildman–Crippen LogP) is 6.08. The lowest BCUT2D eigenvalue weighted by atomic mass is 10.1. The average molecular weight is 409 g/mol. The van der Waals surface area contributed by atoms with Crippen molar-refractivity contribution in [3.8, 4) is 0 Å². The van der Waals surface area contributed by atoms with Gasteiger partial charge in [0.15, 0.2) is 0 Å². The number of hydrogen-bond acceptors (Lipinski definition) is 5. The van der Waals surface area contributed by atoms with Crippen molar-refractivity contribution in [1.29, 1.82) is 0 Å². The van der Waals surface area contributed by atoms with Gasteiger partial charge in [-0.25, -0.2) is 14.6 Å². The molecule has 0 aliphatic carbocycles. The van der Waals surface area contributed by atoms with Crippen molar-refractivity contribution in [2.75, 3.05) is 10.6 Å². The summed E-state index contributed by atoms with van der Waals surface area (Å²) in [7, 11) is 0. The van der Waals surface area contributed by atoms with E-state index in [2.05, 4.69) is 15.6 Å². The Labute approximate surface area is 175 Å². The summed E-state index contributed by atoms with van der Waals surface area (Å²) in [6.07, 6.45) is -1.04. The Morgan fingerprint density at radius 2 is 1.10 bits per heavy atom. The smallest absolute Gasteiger partial charge is 0.412 e. The van der Waals surface area contributed by atoms with Crippen LogP contribution in [0.3, 0.4) is 0 Å². The number of fused-ring (bicyclic) bond motifs is 2. The summed E-state index contributed by atoms with van der Waals surface area (Å²) < 4.78 is 10.6. The Balaban J connectivity index is 1.85. The average Bonchev–Trinajstić information content (AvgIpc) is 2.56. The van der Waals surface area contributed by atoms with Gasteiger partial charge in [0.05, 0.1) is 11.0 Å². The zero-order valence-electron chi connectivity index (χ0n) is 18.1. The molecule has 0 radical (unpaired) electrons. The summed E-state index contributed by atoms with van der Waals surface area (Å²) in [5.74, 6) is 0. The molecule has 0 unspecified atom stereocenters. The van der Waals surface area contributed by atoms with Crippen molar-refractivity contribution in [1.82, 2.24) is 4.98 Å².